The van der Waals surface area contributed by atoms with E-state index in [0.717, 1.165) is 25.9 Å². The summed E-state index contributed by atoms with van der Waals surface area (Å²) in [5, 5.41) is 4.29. The molecule has 2 amide bonds. The summed E-state index contributed by atoms with van der Waals surface area (Å²) in [6.45, 7) is 2.90. The molecular formula is C13H18N4O2. The van der Waals surface area contributed by atoms with Gasteiger partial charge in [-0.1, -0.05) is 0 Å². The van der Waals surface area contributed by atoms with Crippen LogP contribution in [0.15, 0.2) is 6.07 Å². The van der Waals surface area contributed by atoms with Crippen LogP contribution < -0.4 is 0 Å². The van der Waals surface area contributed by atoms with Crippen LogP contribution in [-0.2, 0) is 6.54 Å². The highest BCUT2D eigenvalue weighted by molar-refractivity contribution is 5.98. The van der Waals surface area contributed by atoms with Crippen molar-refractivity contribution in [3.05, 3.63) is 17.5 Å². The Morgan fingerprint density at radius 2 is 1.89 bits per heavy atom. The zero-order valence-corrected chi connectivity index (χ0v) is 11.1. The Labute approximate surface area is 112 Å². The fourth-order valence-electron chi connectivity index (χ4n) is 2.66. The third-order valence-corrected chi connectivity index (χ3v) is 3.86. The lowest BCUT2D eigenvalue weighted by atomic mass is 10.1. The zero-order chi connectivity index (χ0) is 13.4. The number of rotatable bonds is 1. The van der Waals surface area contributed by atoms with Gasteiger partial charge in [-0.15, -0.1) is 0 Å². The Morgan fingerprint density at radius 1 is 1.16 bits per heavy atom. The van der Waals surface area contributed by atoms with Gasteiger partial charge in [-0.3, -0.25) is 14.3 Å². The summed E-state index contributed by atoms with van der Waals surface area (Å²) in [6, 6.07) is 1.63. The van der Waals surface area contributed by atoms with E-state index in [1.54, 1.807) is 22.7 Å². The average molecular weight is 262 g/mol. The number of nitrogens with zero attached hydrogens (tertiary/aromatic N) is 4. The molecule has 102 valence electrons. The van der Waals surface area contributed by atoms with Crippen LogP contribution >= 0.6 is 0 Å². The Bertz CT molecular complexity index is 517. The van der Waals surface area contributed by atoms with Crippen molar-refractivity contribution in [3.63, 3.8) is 0 Å². The normalized spacial score (nSPS) is 19.5. The van der Waals surface area contributed by atoms with E-state index >= 15 is 0 Å². The summed E-state index contributed by atoms with van der Waals surface area (Å²) < 4.78 is 1.65. The second-order valence-corrected chi connectivity index (χ2v) is 5.22. The molecule has 1 aromatic rings. The molecule has 1 aromatic heterocycles. The lowest BCUT2D eigenvalue weighted by Crippen LogP contribution is -2.37. The number of likely N-dealkylation sites (N-methyl/N-ethyl adjacent to an activating group) is 1. The predicted molar refractivity (Wildman–Crippen MR) is 68.9 cm³/mol. The Kier molecular flexibility index (Phi) is 3.00. The number of aromatic nitrogens is 2. The largest absolute Gasteiger partial charge is 0.339 e. The molecule has 0 saturated carbocycles. The molecule has 2 aliphatic heterocycles. The van der Waals surface area contributed by atoms with E-state index in [1.165, 1.54) is 6.42 Å². The van der Waals surface area contributed by atoms with Crippen LogP contribution in [0.2, 0.25) is 0 Å². The van der Waals surface area contributed by atoms with Crippen molar-refractivity contribution in [2.24, 2.45) is 0 Å². The quantitative estimate of drug-likeness (QED) is 0.744. The highest BCUT2D eigenvalue weighted by Crippen LogP contribution is 2.16. The lowest BCUT2D eigenvalue weighted by molar-refractivity contribution is 0.0712. The fourth-order valence-corrected chi connectivity index (χ4v) is 2.66. The molecule has 6 nitrogen and oxygen atoms in total. The molecule has 0 radical (unpaired) electrons. The minimum absolute atomic E-state index is 0.0444. The smallest absolute Gasteiger partial charge is 0.274 e. The standard InChI is InChI=1S/C13H18N4O2/c1-15-7-8-17-11(13(15)19)9-10(14-17)12(18)16-5-3-2-4-6-16/h9H,2-8H2,1H3. The van der Waals surface area contributed by atoms with E-state index < -0.39 is 0 Å². The highest BCUT2D eigenvalue weighted by atomic mass is 16.2. The Morgan fingerprint density at radius 3 is 2.63 bits per heavy atom. The number of fused-ring (bicyclic) bond motifs is 1. The number of likely N-dealkylation sites (tertiary alicyclic amines) is 1. The summed E-state index contributed by atoms with van der Waals surface area (Å²) in [5.41, 5.74) is 0.926. The van der Waals surface area contributed by atoms with E-state index in [9.17, 15) is 9.59 Å². The molecule has 3 heterocycles. The first-order chi connectivity index (χ1) is 9.16. The topological polar surface area (TPSA) is 58.4 Å². The van der Waals surface area contributed by atoms with Gasteiger partial charge in [-0.05, 0) is 19.3 Å². The molecule has 3 rings (SSSR count). The maximum Gasteiger partial charge on any atom is 0.274 e. The maximum atomic E-state index is 12.3. The minimum atomic E-state index is -0.0588. The van der Waals surface area contributed by atoms with Gasteiger partial charge in [0.05, 0.1) is 6.54 Å². The molecule has 0 atom stereocenters. The third-order valence-electron chi connectivity index (χ3n) is 3.86. The van der Waals surface area contributed by atoms with Gasteiger partial charge in [0.15, 0.2) is 5.69 Å². The van der Waals surface area contributed by atoms with Crippen molar-refractivity contribution in [3.8, 4) is 0 Å². The third kappa shape index (κ3) is 2.11. The number of amides is 2. The molecular weight excluding hydrogens is 244 g/mol. The number of piperidine rings is 1. The Balaban J connectivity index is 1.84. The summed E-state index contributed by atoms with van der Waals surface area (Å²) in [6.07, 6.45) is 3.30. The number of hydrogen-bond donors (Lipinski definition) is 0. The monoisotopic (exact) mass is 262 g/mol. The van der Waals surface area contributed by atoms with Crippen molar-refractivity contribution in [1.82, 2.24) is 19.6 Å². The number of carbonyl (C=O) groups is 2. The van der Waals surface area contributed by atoms with Gasteiger partial charge in [-0.2, -0.15) is 5.10 Å². The van der Waals surface area contributed by atoms with E-state index in [1.807, 2.05) is 4.90 Å². The van der Waals surface area contributed by atoms with E-state index in [4.69, 9.17) is 0 Å². The van der Waals surface area contributed by atoms with Crippen molar-refractivity contribution >= 4 is 11.8 Å². The van der Waals surface area contributed by atoms with Crippen LogP contribution in [0.5, 0.6) is 0 Å². The molecule has 2 aliphatic rings. The van der Waals surface area contributed by atoms with Crippen LogP contribution in [0.1, 0.15) is 40.2 Å². The molecule has 1 fully saturated rings. The summed E-state index contributed by atoms with van der Waals surface area (Å²) in [4.78, 5) is 27.8. The van der Waals surface area contributed by atoms with Crippen molar-refractivity contribution in [2.75, 3.05) is 26.7 Å². The Hall–Kier alpha value is -1.85. The molecule has 0 aliphatic carbocycles. The second kappa shape index (κ2) is 4.68. The van der Waals surface area contributed by atoms with Gasteiger partial charge in [0.1, 0.15) is 5.69 Å². The van der Waals surface area contributed by atoms with E-state index in [2.05, 4.69) is 5.10 Å². The summed E-state index contributed by atoms with van der Waals surface area (Å²) in [5.74, 6) is -0.103. The van der Waals surface area contributed by atoms with E-state index in [0.29, 0.717) is 24.5 Å². The second-order valence-electron chi connectivity index (χ2n) is 5.22. The van der Waals surface area contributed by atoms with Crippen LogP contribution in [0, 0.1) is 0 Å². The van der Waals surface area contributed by atoms with Crippen LogP contribution in [-0.4, -0.2) is 58.1 Å². The molecule has 0 aromatic carbocycles. The van der Waals surface area contributed by atoms with Gasteiger partial charge >= 0.3 is 0 Å². The van der Waals surface area contributed by atoms with Gasteiger partial charge in [-0.25, -0.2) is 0 Å². The minimum Gasteiger partial charge on any atom is -0.339 e. The van der Waals surface area contributed by atoms with Crippen LogP contribution in [0.3, 0.4) is 0 Å². The average Bonchev–Trinajstić information content (AvgIpc) is 2.88. The lowest BCUT2D eigenvalue weighted by Gasteiger charge is -2.25. The van der Waals surface area contributed by atoms with Gasteiger partial charge < -0.3 is 9.80 Å². The number of carbonyl (C=O) groups excluding carboxylic acids is 2. The van der Waals surface area contributed by atoms with Gasteiger partial charge in [0.2, 0.25) is 0 Å². The van der Waals surface area contributed by atoms with Crippen LogP contribution in [0.25, 0.3) is 0 Å². The summed E-state index contributed by atoms with van der Waals surface area (Å²) in [7, 11) is 1.77. The predicted octanol–water partition coefficient (Wildman–Crippen LogP) is 0.595. The van der Waals surface area contributed by atoms with Crippen molar-refractivity contribution in [2.45, 2.75) is 25.8 Å². The van der Waals surface area contributed by atoms with E-state index in [-0.39, 0.29) is 11.8 Å². The first-order valence-electron chi connectivity index (χ1n) is 6.79. The number of hydrogen-bond acceptors (Lipinski definition) is 3. The fraction of sp³-hybridized carbons (Fsp3) is 0.615. The van der Waals surface area contributed by atoms with Crippen molar-refractivity contribution < 1.29 is 9.59 Å². The zero-order valence-electron chi connectivity index (χ0n) is 11.1. The van der Waals surface area contributed by atoms with Crippen molar-refractivity contribution in [1.29, 1.82) is 0 Å². The maximum absolute atomic E-state index is 12.3. The van der Waals surface area contributed by atoms with Crippen LogP contribution in [0.4, 0.5) is 0 Å². The summed E-state index contributed by atoms with van der Waals surface area (Å²) >= 11 is 0. The first kappa shape index (κ1) is 12.2. The molecule has 1 saturated heterocycles. The SMILES string of the molecule is CN1CCn2nc(C(=O)N3CCCCC3)cc2C1=O. The molecule has 0 N–H and O–H groups in total. The highest BCUT2D eigenvalue weighted by Gasteiger charge is 2.27. The first-order valence-corrected chi connectivity index (χ1v) is 6.79. The molecule has 0 unspecified atom stereocenters. The van der Waals surface area contributed by atoms with Gasteiger partial charge in [0.25, 0.3) is 11.8 Å². The van der Waals surface area contributed by atoms with Gasteiger partial charge in [0, 0.05) is 32.7 Å². The molecule has 6 heteroatoms. The molecule has 0 spiro atoms. The molecule has 0 bridgehead atoms. The molecule has 19 heavy (non-hydrogen) atoms.